The van der Waals surface area contributed by atoms with Crippen molar-refractivity contribution < 1.29 is 0 Å². The normalized spacial score (nSPS) is 12.2. The molecule has 0 unspecified atom stereocenters. The molecule has 0 spiro atoms. The summed E-state index contributed by atoms with van der Waals surface area (Å²) in [5.74, 6) is 0. The van der Waals surface area contributed by atoms with Crippen LogP contribution in [0.5, 0.6) is 0 Å². The number of nitrogens with two attached hydrogens (primary N) is 1. The lowest BCUT2D eigenvalue weighted by molar-refractivity contribution is 0.176. The van der Waals surface area contributed by atoms with E-state index in [0.29, 0.717) is 16.6 Å². The maximum Gasteiger partial charge on any atom is 0.0424 e. The Kier molecular flexibility index (Phi) is 6.61. The lowest BCUT2D eigenvalue weighted by atomic mass is 9.93. The van der Waals surface area contributed by atoms with E-state index < -0.39 is 0 Å². The number of benzene rings is 1. The van der Waals surface area contributed by atoms with Crippen molar-refractivity contribution in [3.63, 3.8) is 0 Å². The van der Waals surface area contributed by atoms with Gasteiger partial charge in [0.05, 0.1) is 0 Å². The first-order valence-corrected chi connectivity index (χ1v) is 7.49. The minimum Gasteiger partial charge on any atom is -0.330 e. The topological polar surface area (TPSA) is 29.3 Å². The third-order valence-corrected chi connectivity index (χ3v) is 3.51. The van der Waals surface area contributed by atoms with Crippen molar-refractivity contribution in [3.8, 4) is 0 Å². The zero-order chi connectivity index (χ0) is 14.5. The van der Waals surface area contributed by atoms with Gasteiger partial charge < -0.3 is 5.73 Å². The molecule has 0 aliphatic heterocycles. The summed E-state index contributed by atoms with van der Waals surface area (Å²) in [5, 5.41) is 1.38. The second kappa shape index (κ2) is 7.49. The number of rotatable bonds is 7. The summed E-state index contributed by atoms with van der Waals surface area (Å²) in [4.78, 5) is 2.41. The molecule has 0 aliphatic rings. The van der Waals surface area contributed by atoms with Crippen molar-refractivity contribution in [3.05, 3.63) is 33.8 Å². The van der Waals surface area contributed by atoms with E-state index in [1.807, 2.05) is 12.1 Å². The van der Waals surface area contributed by atoms with Crippen LogP contribution in [-0.2, 0) is 6.54 Å². The Morgan fingerprint density at radius 3 is 2.21 bits per heavy atom. The molecule has 2 nitrogen and oxygen atoms in total. The number of hydrogen-bond donors (Lipinski definition) is 1. The molecule has 1 aromatic carbocycles. The van der Waals surface area contributed by atoms with Crippen molar-refractivity contribution in [2.45, 2.75) is 33.7 Å². The van der Waals surface area contributed by atoms with Gasteiger partial charge in [0.2, 0.25) is 0 Å². The molecule has 1 aromatic rings. The number of nitrogens with zero attached hydrogens (tertiary/aromatic N) is 1. The van der Waals surface area contributed by atoms with Crippen LogP contribution in [0.1, 0.15) is 32.8 Å². The standard InChI is InChI=1S/C15H24Cl2N2/c1-4-5-19(11-15(2,3)10-18)9-12-6-13(16)8-14(17)7-12/h6-8H,4-5,9-11,18H2,1-3H3. The third kappa shape index (κ3) is 6.13. The Bertz CT molecular complexity index is 385. The Morgan fingerprint density at radius 2 is 1.74 bits per heavy atom. The summed E-state index contributed by atoms with van der Waals surface area (Å²) < 4.78 is 0. The van der Waals surface area contributed by atoms with Gasteiger partial charge in [0.25, 0.3) is 0 Å². The molecule has 0 amide bonds. The quantitative estimate of drug-likeness (QED) is 0.818. The molecule has 0 saturated carbocycles. The van der Waals surface area contributed by atoms with Crippen molar-refractivity contribution in [2.75, 3.05) is 19.6 Å². The summed E-state index contributed by atoms with van der Waals surface area (Å²) in [6.07, 6.45) is 1.12. The summed E-state index contributed by atoms with van der Waals surface area (Å²) >= 11 is 12.1. The Labute approximate surface area is 126 Å². The molecule has 1 rings (SSSR count). The zero-order valence-corrected chi connectivity index (χ0v) is 13.6. The predicted molar refractivity (Wildman–Crippen MR) is 84.9 cm³/mol. The smallest absolute Gasteiger partial charge is 0.0424 e. The fourth-order valence-corrected chi connectivity index (χ4v) is 2.73. The number of hydrogen-bond acceptors (Lipinski definition) is 2. The van der Waals surface area contributed by atoms with Crippen LogP contribution in [-0.4, -0.2) is 24.5 Å². The van der Waals surface area contributed by atoms with E-state index in [0.717, 1.165) is 31.6 Å². The van der Waals surface area contributed by atoms with Crippen LogP contribution in [0.2, 0.25) is 10.0 Å². The highest BCUT2D eigenvalue weighted by Crippen LogP contribution is 2.22. The Morgan fingerprint density at radius 1 is 1.16 bits per heavy atom. The van der Waals surface area contributed by atoms with Crippen LogP contribution in [0.15, 0.2) is 18.2 Å². The molecule has 2 N–H and O–H groups in total. The summed E-state index contributed by atoms with van der Waals surface area (Å²) in [6.45, 7) is 10.1. The van der Waals surface area contributed by atoms with Gasteiger partial charge in [-0.05, 0) is 48.7 Å². The molecule has 0 saturated heterocycles. The minimum atomic E-state index is 0.123. The van der Waals surface area contributed by atoms with Crippen LogP contribution in [0.3, 0.4) is 0 Å². The molecule has 0 atom stereocenters. The van der Waals surface area contributed by atoms with E-state index in [1.165, 1.54) is 0 Å². The van der Waals surface area contributed by atoms with Gasteiger partial charge in [0.1, 0.15) is 0 Å². The van der Waals surface area contributed by atoms with Gasteiger partial charge in [-0.1, -0.05) is 44.0 Å². The zero-order valence-electron chi connectivity index (χ0n) is 12.0. The first-order valence-electron chi connectivity index (χ1n) is 6.73. The van der Waals surface area contributed by atoms with Crippen LogP contribution >= 0.6 is 23.2 Å². The van der Waals surface area contributed by atoms with Gasteiger partial charge >= 0.3 is 0 Å². The van der Waals surface area contributed by atoms with E-state index in [4.69, 9.17) is 28.9 Å². The van der Waals surface area contributed by atoms with Crippen LogP contribution in [0.4, 0.5) is 0 Å². The minimum absolute atomic E-state index is 0.123. The molecule has 0 fully saturated rings. The summed E-state index contributed by atoms with van der Waals surface area (Å²) in [5.41, 5.74) is 7.10. The van der Waals surface area contributed by atoms with E-state index in [-0.39, 0.29) is 5.41 Å². The third-order valence-electron chi connectivity index (χ3n) is 3.07. The molecule has 0 heterocycles. The fraction of sp³-hybridized carbons (Fsp3) is 0.600. The second-order valence-corrected chi connectivity index (χ2v) is 6.73. The molecule has 0 bridgehead atoms. The second-order valence-electron chi connectivity index (χ2n) is 5.86. The van der Waals surface area contributed by atoms with Gasteiger partial charge in [-0.3, -0.25) is 4.90 Å². The van der Waals surface area contributed by atoms with Crippen molar-refractivity contribution >= 4 is 23.2 Å². The van der Waals surface area contributed by atoms with Crippen molar-refractivity contribution in [1.82, 2.24) is 4.90 Å². The summed E-state index contributed by atoms with van der Waals surface area (Å²) in [7, 11) is 0. The van der Waals surface area contributed by atoms with E-state index in [2.05, 4.69) is 25.7 Å². The molecule has 0 aromatic heterocycles. The monoisotopic (exact) mass is 302 g/mol. The highest BCUT2D eigenvalue weighted by Gasteiger charge is 2.20. The van der Waals surface area contributed by atoms with Gasteiger partial charge in [0, 0.05) is 23.1 Å². The largest absolute Gasteiger partial charge is 0.330 e. The van der Waals surface area contributed by atoms with Crippen LogP contribution < -0.4 is 5.73 Å². The first kappa shape index (κ1) is 16.8. The van der Waals surface area contributed by atoms with Crippen LogP contribution in [0.25, 0.3) is 0 Å². The number of halogens is 2. The lowest BCUT2D eigenvalue weighted by Gasteiger charge is -2.31. The Balaban J connectivity index is 2.77. The fourth-order valence-electron chi connectivity index (χ4n) is 2.16. The molecule has 19 heavy (non-hydrogen) atoms. The molecular formula is C15H24Cl2N2. The summed E-state index contributed by atoms with van der Waals surface area (Å²) in [6, 6.07) is 5.72. The van der Waals surface area contributed by atoms with Gasteiger partial charge in [-0.2, -0.15) is 0 Å². The molecular weight excluding hydrogens is 279 g/mol. The average Bonchev–Trinajstić information content (AvgIpc) is 2.27. The molecule has 4 heteroatoms. The van der Waals surface area contributed by atoms with E-state index in [9.17, 15) is 0 Å². The molecule has 0 aliphatic carbocycles. The van der Waals surface area contributed by atoms with Gasteiger partial charge in [-0.15, -0.1) is 0 Å². The van der Waals surface area contributed by atoms with Crippen molar-refractivity contribution in [2.24, 2.45) is 11.1 Å². The van der Waals surface area contributed by atoms with E-state index >= 15 is 0 Å². The highest BCUT2D eigenvalue weighted by atomic mass is 35.5. The SMILES string of the molecule is CCCN(Cc1cc(Cl)cc(Cl)c1)CC(C)(C)CN. The van der Waals surface area contributed by atoms with E-state index in [1.54, 1.807) is 6.07 Å². The van der Waals surface area contributed by atoms with Gasteiger partial charge in [0.15, 0.2) is 0 Å². The lowest BCUT2D eigenvalue weighted by Crippen LogP contribution is -2.38. The first-order chi connectivity index (χ1) is 8.86. The molecule has 0 radical (unpaired) electrons. The average molecular weight is 303 g/mol. The maximum atomic E-state index is 6.05. The predicted octanol–water partition coefficient (Wildman–Crippen LogP) is 4.19. The van der Waals surface area contributed by atoms with Crippen molar-refractivity contribution in [1.29, 1.82) is 0 Å². The highest BCUT2D eigenvalue weighted by molar-refractivity contribution is 6.34. The Hall–Kier alpha value is -0.280. The maximum absolute atomic E-state index is 6.05. The van der Waals surface area contributed by atoms with Gasteiger partial charge in [-0.25, -0.2) is 0 Å². The molecule has 108 valence electrons. The van der Waals surface area contributed by atoms with Crippen LogP contribution in [0, 0.1) is 5.41 Å².